The van der Waals surface area contributed by atoms with Gasteiger partial charge in [-0.2, -0.15) is 0 Å². The fourth-order valence-corrected chi connectivity index (χ4v) is 2.17. The van der Waals surface area contributed by atoms with Crippen molar-refractivity contribution in [3.05, 3.63) is 24.3 Å². The van der Waals surface area contributed by atoms with Crippen LogP contribution in [0.1, 0.15) is 19.3 Å². The van der Waals surface area contributed by atoms with Crippen LogP contribution in [0.15, 0.2) is 29.3 Å². The number of benzene rings is 1. The Morgan fingerprint density at radius 2 is 1.96 bits per heavy atom. The van der Waals surface area contributed by atoms with Crippen LogP contribution < -0.4 is 20.1 Å². The molecule has 6 heteroatoms. The fourth-order valence-electron chi connectivity index (χ4n) is 2.17. The Bertz CT molecular complexity index is 504. The minimum Gasteiger partial charge on any atom is -0.497 e. The number of methoxy groups -OCH3 is 1. The van der Waals surface area contributed by atoms with Crippen molar-refractivity contribution in [1.82, 2.24) is 10.6 Å². The molecule has 0 amide bonds. The number of aliphatic imine (C=N–C) groups is 1. The van der Waals surface area contributed by atoms with Crippen molar-refractivity contribution in [2.24, 2.45) is 10.9 Å². The third-order valence-electron chi connectivity index (χ3n) is 3.74. The van der Waals surface area contributed by atoms with E-state index in [0.717, 1.165) is 49.6 Å². The summed E-state index contributed by atoms with van der Waals surface area (Å²) in [7, 11) is 3.41. The Kier molecular flexibility index (Phi) is 8.24. The van der Waals surface area contributed by atoms with E-state index in [0.29, 0.717) is 13.2 Å². The number of hydrogen-bond acceptors (Lipinski definition) is 4. The van der Waals surface area contributed by atoms with Gasteiger partial charge in [0.1, 0.15) is 18.1 Å². The van der Waals surface area contributed by atoms with E-state index < -0.39 is 0 Å². The molecule has 0 radical (unpaired) electrons. The molecule has 1 fully saturated rings. The van der Waals surface area contributed by atoms with Crippen molar-refractivity contribution in [3.63, 3.8) is 0 Å². The van der Waals surface area contributed by atoms with Crippen LogP contribution >= 0.6 is 0 Å². The summed E-state index contributed by atoms with van der Waals surface area (Å²) in [5.41, 5.74) is 0. The highest BCUT2D eigenvalue weighted by molar-refractivity contribution is 5.79. The number of nitrogens with one attached hydrogen (secondary N) is 2. The normalized spacial score (nSPS) is 14.3. The second-order valence-electron chi connectivity index (χ2n) is 5.83. The van der Waals surface area contributed by atoms with Gasteiger partial charge in [0.15, 0.2) is 5.96 Å². The predicted octanol–water partition coefficient (Wildman–Crippen LogP) is 2.06. The lowest BCUT2D eigenvalue weighted by atomic mass is 10.3. The molecule has 2 N–H and O–H groups in total. The number of nitrogens with zero attached hydrogens (tertiary/aromatic N) is 1. The third kappa shape index (κ3) is 7.55. The molecule has 0 heterocycles. The highest BCUT2D eigenvalue weighted by Crippen LogP contribution is 2.28. The summed E-state index contributed by atoms with van der Waals surface area (Å²) < 4.78 is 16.5. The topological polar surface area (TPSA) is 64.1 Å². The predicted molar refractivity (Wildman–Crippen MR) is 96.0 cm³/mol. The fraction of sp³-hybridized carbons (Fsp3) is 0.611. The SMILES string of the molecule is CN=C(NCCCOCC1CC1)NCCOc1cccc(OC)c1. The molecule has 1 saturated carbocycles. The quantitative estimate of drug-likeness (QED) is 0.368. The average Bonchev–Trinajstić information content (AvgIpc) is 3.44. The Balaban J connectivity index is 1.50. The van der Waals surface area contributed by atoms with E-state index in [1.54, 1.807) is 14.2 Å². The smallest absolute Gasteiger partial charge is 0.191 e. The van der Waals surface area contributed by atoms with Crippen molar-refractivity contribution in [2.45, 2.75) is 19.3 Å². The Morgan fingerprint density at radius 3 is 2.71 bits per heavy atom. The van der Waals surface area contributed by atoms with Gasteiger partial charge in [-0.15, -0.1) is 0 Å². The summed E-state index contributed by atoms with van der Waals surface area (Å²) in [5.74, 6) is 3.21. The first kappa shape index (κ1) is 18.4. The second-order valence-corrected chi connectivity index (χ2v) is 5.83. The maximum atomic E-state index is 5.68. The summed E-state index contributed by atoms with van der Waals surface area (Å²) in [6, 6.07) is 7.59. The first-order chi connectivity index (χ1) is 11.8. The summed E-state index contributed by atoms with van der Waals surface area (Å²) >= 11 is 0. The highest BCUT2D eigenvalue weighted by Gasteiger charge is 2.20. The zero-order chi connectivity index (χ0) is 17.0. The van der Waals surface area contributed by atoms with Gasteiger partial charge in [-0.25, -0.2) is 0 Å². The standard InChI is InChI=1S/C18H29N3O3/c1-19-18(20-9-4-11-23-14-15-7-8-15)21-10-12-24-17-6-3-5-16(13-17)22-2/h3,5-6,13,15H,4,7-12,14H2,1-2H3,(H2,19,20,21). The first-order valence-electron chi connectivity index (χ1n) is 8.61. The molecule has 0 atom stereocenters. The van der Waals surface area contributed by atoms with E-state index in [1.807, 2.05) is 24.3 Å². The molecule has 1 aromatic rings. The van der Waals surface area contributed by atoms with E-state index in [1.165, 1.54) is 12.8 Å². The van der Waals surface area contributed by atoms with Crippen molar-refractivity contribution >= 4 is 5.96 Å². The Labute approximate surface area is 144 Å². The largest absolute Gasteiger partial charge is 0.497 e. The van der Waals surface area contributed by atoms with Crippen molar-refractivity contribution < 1.29 is 14.2 Å². The molecule has 6 nitrogen and oxygen atoms in total. The molecule has 0 spiro atoms. The lowest BCUT2D eigenvalue weighted by Gasteiger charge is -2.13. The van der Waals surface area contributed by atoms with Crippen molar-refractivity contribution in [3.8, 4) is 11.5 Å². The molecule has 0 unspecified atom stereocenters. The monoisotopic (exact) mass is 335 g/mol. The van der Waals surface area contributed by atoms with Crippen LogP contribution in [0.4, 0.5) is 0 Å². The number of rotatable bonds is 11. The van der Waals surface area contributed by atoms with Crippen LogP contribution in [-0.2, 0) is 4.74 Å². The molecule has 24 heavy (non-hydrogen) atoms. The summed E-state index contributed by atoms with van der Waals surface area (Å²) in [5, 5.41) is 6.50. The van der Waals surface area contributed by atoms with Gasteiger partial charge < -0.3 is 24.8 Å². The zero-order valence-corrected chi connectivity index (χ0v) is 14.7. The van der Waals surface area contributed by atoms with Crippen LogP contribution in [0.25, 0.3) is 0 Å². The van der Waals surface area contributed by atoms with E-state index in [-0.39, 0.29) is 0 Å². The molecule has 2 rings (SSSR count). The lowest BCUT2D eigenvalue weighted by molar-refractivity contribution is 0.123. The summed E-state index contributed by atoms with van der Waals surface area (Å²) in [6.07, 6.45) is 3.66. The molecular weight excluding hydrogens is 306 g/mol. The average molecular weight is 335 g/mol. The number of guanidine groups is 1. The number of hydrogen-bond donors (Lipinski definition) is 2. The van der Waals surface area contributed by atoms with Gasteiger partial charge in [0.25, 0.3) is 0 Å². The number of ether oxygens (including phenoxy) is 3. The van der Waals surface area contributed by atoms with Crippen LogP contribution in [0.2, 0.25) is 0 Å². The van der Waals surface area contributed by atoms with Crippen molar-refractivity contribution in [2.75, 3.05) is 47.1 Å². The minimum atomic E-state index is 0.554. The molecule has 0 saturated heterocycles. The van der Waals surface area contributed by atoms with Gasteiger partial charge >= 0.3 is 0 Å². The van der Waals surface area contributed by atoms with Gasteiger partial charge in [-0.05, 0) is 37.3 Å². The molecule has 1 aromatic carbocycles. The van der Waals surface area contributed by atoms with Crippen LogP contribution in [0.5, 0.6) is 11.5 Å². The van der Waals surface area contributed by atoms with Crippen LogP contribution in [-0.4, -0.2) is 53.0 Å². The third-order valence-corrected chi connectivity index (χ3v) is 3.74. The second kappa shape index (κ2) is 10.8. The highest BCUT2D eigenvalue weighted by atomic mass is 16.5. The lowest BCUT2D eigenvalue weighted by Crippen LogP contribution is -2.39. The molecule has 1 aliphatic carbocycles. The van der Waals surface area contributed by atoms with E-state index in [4.69, 9.17) is 14.2 Å². The summed E-state index contributed by atoms with van der Waals surface area (Å²) in [4.78, 5) is 4.19. The maximum Gasteiger partial charge on any atom is 0.191 e. The first-order valence-corrected chi connectivity index (χ1v) is 8.61. The van der Waals surface area contributed by atoms with Gasteiger partial charge in [0, 0.05) is 32.9 Å². The van der Waals surface area contributed by atoms with Crippen LogP contribution in [0, 0.1) is 5.92 Å². The van der Waals surface area contributed by atoms with Gasteiger partial charge in [-0.3, -0.25) is 4.99 Å². The summed E-state index contributed by atoms with van der Waals surface area (Å²) in [6.45, 7) is 3.81. The van der Waals surface area contributed by atoms with Gasteiger partial charge in [0.05, 0.1) is 13.7 Å². The van der Waals surface area contributed by atoms with Gasteiger partial charge in [0.2, 0.25) is 0 Å². The molecular formula is C18H29N3O3. The molecule has 0 bridgehead atoms. The van der Waals surface area contributed by atoms with E-state index in [2.05, 4.69) is 15.6 Å². The van der Waals surface area contributed by atoms with E-state index in [9.17, 15) is 0 Å². The molecule has 1 aliphatic rings. The molecule has 0 aromatic heterocycles. The Hall–Kier alpha value is -1.95. The molecule has 134 valence electrons. The van der Waals surface area contributed by atoms with E-state index >= 15 is 0 Å². The van der Waals surface area contributed by atoms with Gasteiger partial charge in [-0.1, -0.05) is 6.07 Å². The van der Waals surface area contributed by atoms with Crippen molar-refractivity contribution in [1.29, 1.82) is 0 Å². The minimum absolute atomic E-state index is 0.554. The zero-order valence-electron chi connectivity index (χ0n) is 14.7. The molecule has 0 aliphatic heterocycles. The van der Waals surface area contributed by atoms with Crippen LogP contribution in [0.3, 0.4) is 0 Å². The Morgan fingerprint density at radius 1 is 1.17 bits per heavy atom. The maximum absolute atomic E-state index is 5.68.